The van der Waals surface area contributed by atoms with Gasteiger partial charge in [0.2, 0.25) is 0 Å². The molecule has 4 heteroatoms. The second kappa shape index (κ2) is 4.31. The van der Waals surface area contributed by atoms with Gasteiger partial charge in [0, 0.05) is 7.05 Å². The van der Waals surface area contributed by atoms with Crippen LogP contribution in [0, 0.1) is 0 Å². The highest BCUT2D eigenvalue weighted by molar-refractivity contribution is 7.13. The summed E-state index contributed by atoms with van der Waals surface area (Å²) in [5.41, 5.74) is 9.22. The molecule has 0 saturated carbocycles. The number of aryl methyl sites for hydroxylation is 1. The van der Waals surface area contributed by atoms with Gasteiger partial charge in [-0.15, -0.1) is 11.3 Å². The molecular formula is C14H13N3S. The third-order valence-corrected chi connectivity index (χ3v) is 3.79. The van der Waals surface area contributed by atoms with Crippen molar-refractivity contribution in [1.82, 2.24) is 9.78 Å². The molecule has 2 aromatic heterocycles. The molecule has 0 aliphatic heterocycles. The second-order valence-electron chi connectivity index (χ2n) is 4.08. The fourth-order valence-electron chi connectivity index (χ4n) is 2.01. The van der Waals surface area contributed by atoms with Crippen LogP contribution >= 0.6 is 11.3 Å². The summed E-state index contributed by atoms with van der Waals surface area (Å²) in [6.07, 6.45) is 0. The Morgan fingerprint density at radius 2 is 1.89 bits per heavy atom. The molecule has 2 heterocycles. The number of hydrogen-bond donors (Lipinski definition) is 1. The van der Waals surface area contributed by atoms with Crippen LogP contribution in [0.5, 0.6) is 0 Å². The van der Waals surface area contributed by atoms with Gasteiger partial charge in [-0.25, -0.2) is 0 Å². The Morgan fingerprint density at radius 1 is 1.11 bits per heavy atom. The van der Waals surface area contributed by atoms with Gasteiger partial charge >= 0.3 is 0 Å². The molecule has 3 rings (SSSR count). The van der Waals surface area contributed by atoms with Crippen molar-refractivity contribution in [3.05, 3.63) is 47.8 Å². The predicted molar refractivity (Wildman–Crippen MR) is 76.4 cm³/mol. The standard InChI is InChI=1S/C14H13N3S/c1-17-14(15)12(10-6-3-2-4-7-10)13(16-17)11-8-5-9-18-11/h2-9H,15H2,1H3. The minimum Gasteiger partial charge on any atom is -0.383 e. The third kappa shape index (κ3) is 1.71. The average Bonchev–Trinajstić information content (AvgIpc) is 3.00. The first-order chi connectivity index (χ1) is 8.77. The van der Waals surface area contributed by atoms with E-state index in [1.807, 2.05) is 31.3 Å². The van der Waals surface area contributed by atoms with Crippen LogP contribution in [0.15, 0.2) is 47.8 Å². The molecule has 90 valence electrons. The molecule has 1 aromatic carbocycles. The Labute approximate surface area is 109 Å². The van der Waals surface area contributed by atoms with Gasteiger partial charge in [0.25, 0.3) is 0 Å². The monoisotopic (exact) mass is 255 g/mol. The number of thiophene rings is 1. The summed E-state index contributed by atoms with van der Waals surface area (Å²) in [4.78, 5) is 1.14. The number of anilines is 1. The van der Waals surface area contributed by atoms with E-state index in [0.29, 0.717) is 5.82 Å². The summed E-state index contributed by atoms with van der Waals surface area (Å²) in [6, 6.07) is 14.2. The van der Waals surface area contributed by atoms with E-state index < -0.39 is 0 Å². The molecule has 0 radical (unpaired) electrons. The molecule has 2 N–H and O–H groups in total. The molecule has 0 aliphatic rings. The van der Waals surface area contributed by atoms with Crippen molar-refractivity contribution in [2.75, 3.05) is 5.73 Å². The highest BCUT2D eigenvalue weighted by atomic mass is 32.1. The smallest absolute Gasteiger partial charge is 0.129 e. The van der Waals surface area contributed by atoms with Crippen molar-refractivity contribution in [2.24, 2.45) is 7.05 Å². The zero-order valence-electron chi connectivity index (χ0n) is 10.00. The van der Waals surface area contributed by atoms with Gasteiger partial charge in [-0.2, -0.15) is 5.10 Å². The molecule has 0 unspecified atom stereocenters. The number of nitrogen functional groups attached to an aromatic ring is 1. The first-order valence-corrected chi connectivity index (χ1v) is 6.57. The van der Waals surface area contributed by atoms with Crippen LogP contribution in [0.3, 0.4) is 0 Å². The van der Waals surface area contributed by atoms with Gasteiger partial charge in [0.05, 0.1) is 10.4 Å². The maximum Gasteiger partial charge on any atom is 0.129 e. The first-order valence-electron chi connectivity index (χ1n) is 5.69. The second-order valence-corrected chi connectivity index (χ2v) is 5.02. The number of nitrogens with two attached hydrogens (primary N) is 1. The predicted octanol–water partition coefficient (Wildman–Crippen LogP) is 3.40. The largest absolute Gasteiger partial charge is 0.383 e. The summed E-state index contributed by atoms with van der Waals surface area (Å²) >= 11 is 1.68. The first kappa shape index (κ1) is 11.0. The topological polar surface area (TPSA) is 43.8 Å². The van der Waals surface area contributed by atoms with Crippen molar-refractivity contribution in [2.45, 2.75) is 0 Å². The van der Waals surface area contributed by atoms with Gasteiger partial charge < -0.3 is 5.73 Å². The van der Waals surface area contributed by atoms with Gasteiger partial charge in [-0.1, -0.05) is 36.4 Å². The van der Waals surface area contributed by atoms with Crippen LogP contribution in [-0.2, 0) is 7.05 Å². The summed E-state index contributed by atoms with van der Waals surface area (Å²) in [5.74, 6) is 0.699. The highest BCUT2D eigenvalue weighted by Crippen LogP contribution is 2.37. The molecule has 0 aliphatic carbocycles. The number of rotatable bonds is 2. The van der Waals surface area contributed by atoms with Crippen molar-refractivity contribution in [1.29, 1.82) is 0 Å². The van der Waals surface area contributed by atoms with Crippen molar-refractivity contribution in [3.63, 3.8) is 0 Å². The van der Waals surface area contributed by atoms with E-state index in [0.717, 1.165) is 21.7 Å². The Kier molecular flexibility index (Phi) is 2.64. The van der Waals surface area contributed by atoms with E-state index in [1.54, 1.807) is 16.0 Å². The number of aromatic nitrogens is 2. The number of nitrogens with zero attached hydrogens (tertiary/aromatic N) is 2. The van der Waals surface area contributed by atoms with Gasteiger partial charge in [0.1, 0.15) is 11.5 Å². The minimum absolute atomic E-state index is 0.699. The van der Waals surface area contributed by atoms with E-state index in [1.165, 1.54) is 0 Å². The van der Waals surface area contributed by atoms with E-state index >= 15 is 0 Å². The minimum atomic E-state index is 0.699. The lowest BCUT2D eigenvalue weighted by atomic mass is 10.0. The van der Waals surface area contributed by atoms with Crippen molar-refractivity contribution < 1.29 is 0 Å². The molecule has 0 amide bonds. The van der Waals surface area contributed by atoms with Crippen LogP contribution in [-0.4, -0.2) is 9.78 Å². The molecule has 0 bridgehead atoms. The maximum atomic E-state index is 6.15. The van der Waals surface area contributed by atoms with Crippen molar-refractivity contribution in [3.8, 4) is 21.7 Å². The fraction of sp³-hybridized carbons (Fsp3) is 0.0714. The van der Waals surface area contributed by atoms with E-state index in [-0.39, 0.29) is 0 Å². The highest BCUT2D eigenvalue weighted by Gasteiger charge is 2.17. The fourth-order valence-corrected chi connectivity index (χ4v) is 2.73. The lowest BCUT2D eigenvalue weighted by molar-refractivity contribution is 0.783. The van der Waals surface area contributed by atoms with Crippen molar-refractivity contribution >= 4 is 17.2 Å². The third-order valence-electron chi connectivity index (χ3n) is 2.91. The quantitative estimate of drug-likeness (QED) is 0.762. The Hall–Kier alpha value is -2.07. The maximum absolute atomic E-state index is 6.15. The van der Waals surface area contributed by atoms with Gasteiger partial charge in [0.15, 0.2) is 0 Å². The molecule has 3 aromatic rings. The van der Waals surface area contributed by atoms with E-state index in [4.69, 9.17) is 5.73 Å². The molecule has 0 saturated heterocycles. The number of benzene rings is 1. The van der Waals surface area contributed by atoms with Gasteiger partial charge in [-0.05, 0) is 17.0 Å². The molecule has 0 fully saturated rings. The Balaban J connectivity index is 2.26. The SMILES string of the molecule is Cn1nc(-c2cccs2)c(-c2ccccc2)c1N. The zero-order chi connectivity index (χ0) is 12.5. The van der Waals surface area contributed by atoms with Crippen LogP contribution in [0.1, 0.15) is 0 Å². The summed E-state index contributed by atoms with van der Waals surface area (Å²) in [7, 11) is 1.87. The normalized spacial score (nSPS) is 10.7. The van der Waals surface area contributed by atoms with Crippen LogP contribution in [0.2, 0.25) is 0 Å². The Morgan fingerprint density at radius 3 is 2.56 bits per heavy atom. The Bertz CT molecular complexity index is 654. The molecule has 0 atom stereocenters. The number of hydrogen-bond acceptors (Lipinski definition) is 3. The van der Waals surface area contributed by atoms with Crippen LogP contribution in [0.4, 0.5) is 5.82 Å². The summed E-state index contributed by atoms with van der Waals surface area (Å²) in [6.45, 7) is 0. The van der Waals surface area contributed by atoms with E-state index in [2.05, 4.69) is 28.7 Å². The van der Waals surface area contributed by atoms with Crippen LogP contribution in [0.25, 0.3) is 21.7 Å². The zero-order valence-corrected chi connectivity index (χ0v) is 10.8. The van der Waals surface area contributed by atoms with E-state index in [9.17, 15) is 0 Å². The summed E-state index contributed by atoms with van der Waals surface area (Å²) in [5, 5.41) is 6.58. The van der Waals surface area contributed by atoms with Crippen LogP contribution < -0.4 is 5.73 Å². The lowest BCUT2D eigenvalue weighted by Gasteiger charge is -2.02. The molecular weight excluding hydrogens is 242 g/mol. The molecule has 0 spiro atoms. The molecule has 3 nitrogen and oxygen atoms in total. The molecule has 18 heavy (non-hydrogen) atoms. The van der Waals surface area contributed by atoms with Gasteiger partial charge in [-0.3, -0.25) is 4.68 Å². The average molecular weight is 255 g/mol. The lowest BCUT2D eigenvalue weighted by Crippen LogP contribution is -1.97. The summed E-state index contributed by atoms with van der Waals surface area (Å²) < 4.78 is 1.73.